The van der Waals surface area contributed by atoms with Crippen LogP contribution in [0.5, 0.6) is 0 Å². The summed E-state index contributed by atoms with van der Waals surface area (Å²) in [6, 6.07) is -1.03. The van der Waals surface area contributed by atoms with Crippen LogP contribution in [-0.4, -0.2) is 107 Å². The first-order valence-corrected chi connectivity index (χ1v) is 25.5. The van der Waals surface area contributed by atoms with Gasteiger partial charge < -0.3 is 40.3 Å². The van der Waals surface area contributed by atoms with Gasteiger partial charge in [-0.3, -0.25) is 9.35 Å². The molecular formula is C46H89NO12S. The van der Waals surface area contributed by atoms with Crippen LogP contribution >= 0.6 is 0 Å². The second-order valence-corrected chi connectivity index (χ2v) is 18.2. The summed E-state index contributed by atoms with van der Waals surface area (Å²) in [4.78, 5) is 13.1. The second-order valence-electron chi connectivity index (χ2n) is 17.2. The van der Waals surface area contributed by atoms with Gasteiger partial charge in [0.15, 0.2) is 6.29 Å². The van der Waals surface area contributed by atoms with Crippen molar-refractivity contribution in [2.45, 2.75) is 262 Å². The lowest BCUT2D eigenvalue weighted by Gasteiger charge is -2.41. The molecule has 356 valence electrons. The number of aliphatic hydroxyl groups excluding tert-OH is 5. The lowest BCUT2D eigenvalue weighted by molar-refractivity contribution is -0.298. The van der Waals surface area contributed by atoms with Crippen LogP contribution in [0.3, 0.4) is 0 Å². The number of rotatable bonds is 41. The highest BCUT2D eigenvalue weighted by Gasteiger charge is 2.48. The Hall–Kier alpha value is -1.20. The molecule has 1 fully saturated rings. The van der Waals surface area contributed by atoms with Crippen molar-refractivity contribution >= 4 is 16.3 Å². The summed E-state index contributed by atoms with van der Waals surface area (Å²) in [7, 11) is -5.11. The van der Waals surface area contributed by atoms with E-state index in [0.29, 0.717) is 19.3 Å². The van der Waals surface area contributed by atoms with E-state index in [2.05, 4.69) is 35.5 Å². The summed E-state index contributed by atoms with van der Waals surface area (Å²) in [5, 5.41) is 55.4. The monoisotopic (exact) mass is 880 g/mol. The lowest BCUT2D eigenvalue weighted by Crippen LogP contribution is -2.61. The third-order valence-corrected chi connectivity index (χ3v) is 12.1. The molecule has 7 N–H and O–H groups in total. The number of carbonyl (C=O) groups excluding carboxylic acids is 1. The van der Waals surface area contributed by atoms with E-state index in [-0.39, 0.29) is 6.42 Å². The highest BCUT2D eigenvalue weighted by Crippen LogP contribution is 2.26. The first-order chi connectivity index (χ1) is 28.9. The molecule has 0 saturated carbocycles. The Balaban J connectivity index is 2.54. The number of ether oxygens (including phenoxy) is 2. The lowest BCUT2D eigenvalue weighted by atomic mass is 9.99. The molecule has 0 radical (unpaired) electrons. The largest absolute Gasteiger partial charge is 0.397 e. The van der Waals surface area contributed by atoms with Crippen molar-refractivity contribution in [1.29, 1.82) is 0 Å². The molecule has 1 aliphatic heterocycles. The zero-order valence-corrected chi connectivity index (χ0v) is 38.5. The molecule has 8 atom stereocenters. The highest BCUT2D eigenvalue weighted by molar-refractivity contribution is 7.80. The summed E-state index contributed by atoms with van der Waals surface area (Å²) in [6.07, 6.45) is 28.2. The van der Waals surface area contributed by atoms with Gasteiger partial charge in [0.25, 0.3) is 0 Å². The molecule has 0 spiro atoms. The summed E-state index contributed by atoms with van der Waals surface area (Å²) >= 11 is 0. The molecule has 60 heavy (non-hydrogen) atoms. The van der Waals surface area contributed by atoms with Crippen molar-refractivity contribution in [2.75, 3.05) is 13.2 Å². The molecular weight excluding hydrogens is 791 g/mol. The van der Waals surface area contributed by atoms with Crippen LogP contribution in [0, 0.1) is 0 Å². The Morgan fingerprint density at radius 1 is 0.650 bits per heavy atom. The second kappa shape index (κ2) is 37.2. The molecule has 1 heterocycles. The molecule has 1 aliphatic rings. The predicted octanol–water partition coefficient (Wildman–Crippen LogP) is 8.53. The van der Waals surface area contributed by atoms with Gasteiger partial charge in [-0.15, -0.1) is 0 Å². The minimum absolute atomic E-state index is 0.255. The molecule has 13 nitrogen and oxygen atoms in total. The van der Waals surface area contributed by atoms with Gasteiger partial charge >= 0.3 is 10.4 Å². The SMILES string of the molecule is CCCCCCCC/C=C\CCCCCCCCC(O)C(=O)NC(COC1OC(CO)C(O)C(OS(=O)(=O)O)C1O)C(O)CCCCCCCCCCCCCCCCC. The van der Waals surface area contributed by atoms with Crippen LogP contribution < -0.4 is 5.32 Å². The Morgan fingerprint density at radius 3 is 1.50 bits per heavy atom. The van der Waals surface area contributed by atoms with Gasteiger partial charge in [0.1, 0.15) is 30.5 Å². The van der Waals surface area contributed by atoms with Crippen LogP contribution in [0.1, 0.15) is 213 Å². The fraction of sp³-hybridized carbons (Fsp3) is 0.935. The van der Waals surface area contributed by atoms with Crippen LogP contribution in [0.4, 0.5) is 0 Å². The maximum absolute atomic E-state index is 13.1. The zero-order chi connectivity index (χ0) is 44.3. The molecule has 1 rings (SSSR count). The van der Waals surface area contributed by atoms with Crippen molar-refractivity contribution in [3.8, 4) is 0 Å². The number of amides is 1. The molecule has 0 bridgehead atoms. The summed E-state index contributed by atoms with van der Waals surface area (Å²) in [5.41, 5.74) is 0. The molecule has 1 amide bonds. The van der Waals surface area contributed by atoms with Gasteiger partial charge in [-0.2, -0.15) is 8.42 Å². The summed E-state index contributed by atoms with van der Waals surface area (Å²) in [6.45, 7) is 3.28. The van der Waals surface area contributed by atoms with E-state index >= 15 is 0 Å². The van der Waals surface area contributed by atoms with Crippen LogP contribution in [0.2, 0.25) is 0 Å². The smallest absolute Gasteiger partial charge is 0.394 e. The molecule has 1 saturated heterocycles. The molecule has 8 unspecified atom stereocenters. The molecule has 0 aromatic carbocycles. The van der Waals surface area contributed by atoms with E-state index in [4.69, 9.17) is 9.47 Å². The average Bonchev–Trinajstić information content (AvgIpc) is 3.22. The van der Waals surface area contributed by atoms with Gasteiger partial charge in [0.05, 0.1) is 25.4 Å². The van der Waals surface area contributed by atoms with Crippen molar-refractivity contribution in [2.24, 2.45) is 0 Å². The Labute approximate surface area is 364 Å². The van der Waals surface area contributed by atoms with E-state index < -0.39 is 78.5 Å². The number of unbranched alkanes of at least 4 members (excludes halogenated alkanes) is 26. The van der Waals surface area contributed by atoms with Gasteiger partial charge in [0, 0.05) is 0 Å². The minimum atomic E-state index is -5.11. The Bertz CT molecular complexity index is 1140. The number of hydrogen-bond acceptors (Lipinski definition) is 11. The van der Waals surface area contributed by atoms with Crippen LogP contribution in [0.15, 0.2) is 12.2 Å². The Kier molecular flexibility index (Phi) is 35.2. The van der Waals surface area contributed by atoms with E-state index in [0.717, 1.165) is 64.2 Å². The van der Waals surface area contributed by atoms with Gasteiger partial charge in [0.2, 0.25) is 5.91 Å². The highest BCUT2D eigenvalue weighted by atomic mass is 32.3. The molecule has 0 aliphatic carbocycles. The number of hydrogen-bond donors (Lipinski definition) is 7. The maximum Gasteiger partial charge on any atom is 0.397 e. The fourth-order valence-corrected chi connectivity index (χ4v) is 8.32. The number of carbonyl (C=O) groups is 1. The topological polar surface area (TPSA) is 212 Å². The third kappa shape index (κ3) is 29.2. The first kappa shape index (κ1) is 56.8. The zero-order valence-electron chi connectivity index (χ0n) is 37.6. The van der Waals surface area contributed by atoms with Gasteiger partial charge in [-0.25, -0.2) is 4.18 Å². The summed E-state index contributed by atoms with van der Waals surface area (Å²) in [5.74, 6) is -0.673. The van der Waals surface area contributed by atoms with Crippen molar-refractivity contribution in [1.82, 2.24) is 5.32 Å². The number of aliphatic hydroxyl groups is 5. The molecule has 14 heteroatoms. The van der Waals surface area contributed by atoms with E-state index in [1.807, 2.05) is 0 Å². The van der Waals surface area contributed by atoms with E-state index in [9.17, 15) is 43.3 Å². The van der Waals surface area contributed by atoms with Crippen LogP contribution in [0.25, 0.3) is 0 Å². The quantitative estimate of drug-likeness (QED) is 0.0175. The first-order valence-electron chi connectivity index (χ1n) is 24.2. The average molecular weight is 880 g/mol. The fourth-order valence-electron chi connectivity index (χ4n) is 7.81. The van der Waals surface area contributed by atoms with Crippen molar-refractivity contribution < 1.29 is 57.0 Å². The maximum atomic E-state index is 13.1. The standard InChI is InChI=1S/C46H89NO12S/c1-3-5-7-9-11-13-15-17-19-21-23-25-27-29-31-33-35-40(50)45(53)47-38(37-57-46-43(52)44(59-60(54,55)56)42(51)41(36-48)58-46)39(49)34-32-30-28-26-24-22-20-18-16-14-12-10-8-6-4-2/h17,19,38-44,46,48-52H,3-16,18,20-37H2,1-2H3,(H,47,53)(H,54,55,56)/b19-17-. The number of nitrogens with one attached hydrogen (secondary N) is 1. The normalized spacial score (nSPS) is 21.4. The van der Waals surface area contributed by atoms with Crippen molar-refractivity contribution in [3.63, 3.8) is 0 Å². The van der Waals surface area contributed by atoms with E-state index in [1.165, 1.54) is 109 Å². The molecule has 0 aromatic rings. The number of allylic oxidation sites excluding steroid dienone is 2. The predicted molar refractivity (Wildman–Crippen MR) is 238 cm³/mol. The summed E-state index contributed by atoms with van der Waals surface area (Å²) < 4.78 is 47.6. The Morgan fingerprint density at radius 2 is 1.07 bits per heavy atom. The van der Waals surface area contributed by atoms with Gasteiger partial charge in [-0.1, -0.05) is 187 Å². The van der Waals surface area contributed by atoms with Gasteiger partial charge in [-0.05, 0) is 38.5 Å². The van der Waals surface area contributed by atoms with Crippen LogP contribution in [-0.2, 0) is 28.9 Å². The third-order valence-electron chi connectivity index (χ3n) is 11.7. The molecule has 0 aromatic heterocycles. The minimum Gasteiger partial charge on any atom is -0.394 e. The van der Waals surface area contributed by atoms with E-state index in [1.54, 1.807) is 0 Å². The van der Waals surface area contributed by atoms with Crippen molar-refractivity contribution in [3.05, 3.63) is 12.2 Å².